The van der Waals surface area contributed by atoms with Crippen molar-refractivity contribution < 1.29 is 29.3 Å². The first-order valence-corrected chi connectivity index (χ1v) is 9.88. The van der Waals surface area contributed by atoms with E-state index >= 15 is 0 Å². The molecule has 0 radical (unpaired) electrons. The maximum atomic E-state index is 12.2. The highest BCUT2D eigenvalue weighted by Crippen LogP contribution is 2.46. The van der Waals surface area contributed by atoms with Crippen LogP contribution in [0.15, 0.2) is 23.0 Å². The Bertz CT molecular complexity index is 678. The van der Waals surface area contributed by atoms with Gasteiger partial charge in [-0.15, -0.1) is 0 Å². The molecule has 6 nitrogen and oxygen atoms in total. The lowest BCUT2D eigenvalue weighted by Gasteiger charge is -2.39. The molecule has 3 aliphatic rings. The number of allylic oxidation sites excluding steroid dienone is 2. The Morgan fingerprint density at radius 2 is 2.19 bits per heavy atom. The molecule has 1 saturated heterocycles. The molecule has 2 N–H and O–H groups in total. The van der Waals surface area contributed by atoms with Crippen LogP contribution in [-0.4, -0.2) is 45.9 Å². The summed E-state index contributed by atoms with van der Waals surface area (Å²) in [5, 5.41) is 18.8. The van der Waals surface area contributed by atoms with Crippen LogP contribution in [-0.2, 0) is 19.1 Å². The van der Waals surface area contributed by atoms with Crippen LogP contribution in [0.1, 0.15) is 65.7 Å². The third kappa shape index (κ3) is 4.27. The van der Waals surface area contributed by atoms with Gasteiger partial charge in [0, 0.05) is 24.8 Å². The standard InChI is InChI=1S/C21H30O6/c1-12(5-4-6-13(2)20(24)25)9-14-11-21(3)18(26-14)10-15-17(27-21)8-7-16(22)19(15)23/h9,13-14,16,18,22H,4-8,10-11H2,1-3H3,(H,24,25)/t13?,14-,16+,18+,21+/m0/s1. The van der Waals surface area contributed by atoms with E-state index in [1.165, 1.54) is 5.57 Å². The smallest absolute Gasteiger partial charge is 0.306 e. The van der Waals surface area contributed by atoms with E-state index in [1.54, 1.807) is 6.92 Å². The van der Waals surface area contributed by atoms with Crippen LogP contribution in [0.2, 0.25) is 0 Å². The number of aliphatic hydroxyl groups excluding tert-OH is 1. The lowest BCUT2D eigenvalue weighted by Crippen LogP contribution is -2.45. The van der Waals surface area contributed by atoms with Crippen molar-refractivity contribution in [2.45, 2.75) is 89.6 Å². The van der Waals surface area contributed by atoms with Gasteiger partial charge in [-0.3, -0.25) is 9.59 Å². The van der Waals surface area contributed by atoms with Gasteiger partial charge in [-0.1, -0.05) is 18.6 Å². The van der Waals surface area contributed by atoms with Crippen LogP contribution < -0.4 is 0 Å². The van der Waals surface area contributed by atoms with Gasteiger partial charge in [-0.05, 0) is 39.5 Å². The minimum atomic E-state index is -0.913. The SMILES string of the molecule is CC(=C[C@H]1C[C@@]2(C)OC3=C(C[C@H]2O1)C(=O)[C@H](O)CC3)CCCC(C)C(=O)O. The predicted octanol–water partition coefficient (Wildman–Crippen LogP) is 3.14. The van der Waals surface area contributed by atoms with Gasteiger partial charge in [0.15, 0.2) is 5.78 Å². The van der Waals surface area contributed by atoms with Gasteiger partial charge in [0.2, 0.25) is 0 Å². The van der Waals surface area contributed by atoms with Crippen molar-refractivity contribution >= 4 is 11.8 Å². The number of hydrogen-bond acceptors (Lipinski definition) is 5. The van der Waals surface area contributed by atoms with E-state index in [2.05, 4.69) is 6.08 Å². The van der Waals surface area contributed by atoms with Crippen molar-refractivity contribution in [2.24, 2.45) is 5.92 Å². The molecule has 1 aliphatic carbocycles. The van der Waals surface area contributed by atoms with Gasteiger partial charge in [0.25, 0.3) is 0 Å². The van der Waals surface area contributed by atoms with Crippen LogP contribution in [0, 0.1) is 5.92 Å². The monoisotopic (exact) mass is 378 g/mol. The van der Waals surface area contributed by atoms with E-state index in [1.807, 2.05) is 13.8 Å². The summed E-state index contributed by atoms with van der Waals surface area (Å²) in [6.45, 7) is 5.81. The molecule has 0 aromatic heterocycles. The van der Waals surface area contributed by atoms with Crippen LogP contribution in [0.4, 0.5) is 0 Å². The number of carboxylic acid groups (broad SMARTS) is 1. The highest BCUT2D eigenvalue weighted by Gasteiger charge is 2.51. The fourth-order valence-electron chi connectivity index (χ4n) is 4.30. The molecule has 0 saturated carbocycles. The lowest BCUT2D eigenvalue weighted by molar-refractivity contribution is -0.141. The first kappa shape index (κ1) is 20.1. The van der Waals surface area contributed by atoms with E-state index in [0.29, 0.717) is 31.3 Å². The summed E-state index contributed by atoms with van der Waals surface area (Å²) in [7, 11) is 0. The summed E-state index contributed by atoms with van der Waals surface area (Å²) in [5.41, 5.74) is 1.34. The molecule has 150 valence electrons. The first-order chi connectivity index (χ1) is 12.7. The molecular weight excluding hydrogens is 348 g/mol. The summed E-state index contributed by atoms with van der Waals surface area (Å²) < 4.78 is 12.4. The molecule has 1 unspecified atom stereocenters. The van der Waals surface area contributed by atoms with Crippen LogP contribution >= 0.6 is 0 Å². The number of Topliss-reactive ketones (excluding diaryl/α,β-unsaturated/α-hetero) is 1. The van der Waals surface area contributed by atoms with Gasteiger partial charge in [-0.25, -0.2) is 0 Å². The van der Waals surface area contributed by atoms with Gasteiger partial charge >= 0.3 is 5.97 Å². The van der Waals surface area contributed by atoms with Gasteiger partial charge in [-0.2, -0.15) is 0 Å². The molecule has 1 fully saturated rings. The zero-order chi connectivity index (χ0) is 19.8. The van der Waals surface area contributed by atoms with Crippen molar-refractivity contribution in [3.05, 3.63) is 23.0 Å². The molecule has 0 bridgehead atoms. The molecule has 0 amide bonds. The number of carbonyl (C=O) groups excluding carboxylic acids is 1. The van der Waals surface area contributed by atoms with Crippen molar-refractivity contribution in [1.82, 2.24) is 0 Å². The number of carbonyl (C=O) groups is 2. The Balaban J connectivity index is 1.58. The Hall–Kier alpha value is -1.66. The summed E-state index contributed by atoms with van der Waals surface area (Å²) in [5.74, 6) is -0.552. The Morgan fingerprint density at radius 1 is 1.44 bits per heavy atom. The second kappa shape index (κ2) is 7.76. The zero-order valence-electron chi connectivity index (χ0n) is 16.4. The third-order valence-corrected chi connectivity index (χ3v) is 6.05. The predicted molar refractivity (Wildman–Crippen MR) is 99.1 cm³/mol. The number of aliphatic carboxylic acids is 1. The molecule has 3 rings (SSSR count). The highest BCUT2D eigenvalue weighted by atomic mass is 16.6. The second-order valence-corrected chi connectivity index (χ2v) is 8.45. The molecule has 2 heterocycles. The van der Waals surface area contributed by atoms with Crippen molar-refractivity contribution in [1.29, 1.82) is 0 Å². The minimum absolute atomic E-state index is 0.0710. The fourth-order valence-corrected chi connectivity index (χ4v) is 4.30. The summed E-state index contributed by atoms with van der Waals surface area (Å²) in [4.78, 5) is 23.1. The van der Waals surface area contributed by atoms with E-state index in [-0.39, 0.29) is 23.9 Å². The molecule has 5 atom stereocenters. The highest BCUT2D eigenvalue weighted by molar-refractivity contribution is 6.00. The third-order valence-electron chi connectivity index (χ3n) is 6.05. The topological polar surface area (TPSA) is 93.1 Å². The molecule has 0 aromatic rings. The number of aliphatic hydroxyl groups is 1. The Labute approximate surface area is 160 Å². The summed E-state index contributed by atoms with van der Waals surface area (Å²) >= 11 is 0. The Morgan fingerprint density at radius 3 is 2.89 bits per heavy atom. The minimum Gasteiger partial charge on any atom is -0.489 e. The number of rotatable bonds is 6. The average molecular weight is 378 g/mol. The summed E-state index contributed by atoms with van der Waals surface area (Å²) in [6, 6.07) is 0. The lowest BCUT2D eigenvalue weighted by atomic mass is 9.82. The maximum Gasteiger partial charge on any atom is 0.306 e. The maximum absolute atomic E-state index is 12.2. The van der Waals surface area contributed by atoms with Crippen molar-refractivity contribution in [3.8, 4) is 0 Å². The Kier molecular flexibility index (Phi) is 5.77. The molecule has 2 aliphatic heterocycles. The largest absolute Gasteiger partial charge is 0.489 e. The average Bonchev–Trinajstić information content (AvgIpc) is 2.91. The van der Waals surface area contributed by atoms with E-state index in [0.717, 1.165) is 25.0 Å². The summed E-state index contributed by atoms with van der Waals surface area (Å²) in [6.07, 6.45) is 5.54. The van der Waals surface area contributed by atoms with E-state index in [4.69, 9.17) is 14.6 Å². The molecular formula is C21H30O6. The molecule has 0 spiro atoms. The number of ether oxygens (including phenoxy) is 2. The normalized spacial score (nSPS) is 34.7. The van der Waals surface area contributed by atoms with Crippen molar-refractivity contribution in [2.75, 3.05) is 0 Å². The fraction of sp³-hybridized carbons (Fsp3) is 0.714. The van der Waals surface area contributed by atoms with Crippen LogP contribution in [0.25, 0.3) is 0 Å². The van der Waals surface area contributed by atoms with Crippen molar-refractivity contribution in [3.63, 3.8) is 0 Å². The molecule has 27 heavy (non-hydrogen) atoms. The zero-order valence-corrected chi connectivity index (χ0v) is 16.4. The van der Waals surface area contributed by atoms with Crippen LogP contribution in [0.3, 0.4) is 0 Å². The molecule has 6 heteroatoms. The number of ketones is 1. The quantitative estimate of drug-likeness (QED) is 0.690. The number of hydrogen-bond donors (Lipinski definition) is 2. The van der Waals surface area contributed by atoms with E-state index < -0.39 is 17.7 Å². The van der Waals surface area contributed by atoms with E-state index in [9.17, 15) is 14.7 Å². The van der Waals surface area contributed by atoms with Gasteiger partial charge in [0.1, 0.15) is 23.6 Å². The van der Waals surface area contributed by atoms with Gasteiger partial charge in [0.05, 0.1) is 12.0 Å². The van der Waals surface area contributed by atoms with Gasteiger partial charge < -0.3 is 19.7 Å². The first-order valence-electron chi connectivity index (χ1n) is 9.88. The second-order valence-electron chi connectivity index (χ2n) is 8.45. The number of carboxylic acids is 1. The molecule has 0 aromatic carbocycles. The number of fused-ring (bicyclic) bond motifs is 1. The van der Waals surface area contributed by atoms with Crippen LogP contribution in [0.5, 0.6) is 0 Å².